The van der Waals surface area contributed by atoms with E-state index in [9.17, 15) is 0 Å². The highest BCUT2D eigenvalue weighted by Gasteiger charge is 2.13. The molecule has 3 rings (SSSR count). The van der Waals surface area contributed by atoms with Gasteiger partial charge in [-0.05, 0) is 43.5 Å². The number of anilines is 1. The van der Waals surface area contributed by atoms with Crippen molar-refractivity contribution >= 4 is 11.8 Å². The second-order valence-corrected chi connectivity index (χ2v) is 7.13. The van der Waals surface area contributed by atoms with Crippen molar-refractivity contribution in [1.82, 2.24) is 15.6 Å². The van der Waals surface area contributed by atoms with Crippen molar-refractivity contribution in [1.29, 1.82) is 0 Å². The van der Waals surface area contributed by atoms with Crippen molar-refractivity contribution in [2.75, 3.05) is 38.7 Å². The maximum Gasteiger partial charge on any atom is 0.191 e. The van der Waals surface area contributed by atoms with Crippen molar-refractivity contribution in [3.05, 3.63) is 48.2 Å². The van der Waals surface area contributed by atoms with Gasteiger partial charge in [0.2, 0.25) is 0 Å². The van der Waals surface area contributed by atoms with Gasteiger partial charge >= 0.3 is 0 Å². The van der Waals surface area contributed by atoms with Gasteiger partial charge in [-0.3, -0.25) is 4.99 Å². The Morgan fingerprint density at radius 2 is 1.97 bits per heavy atom. The lowest BCUT2D eigenvalue weighted by Crippen LogP contribution is -2.41. The maximum absolute atomic E-state index is 5.94. The first kappa shape index (κ1) is 20.8. The number of hydrogen-bond donors (Lipinski definition) is 2. The van der Waals surface area contributed by atoms with Crippen LogP contribution in [0.4, 0.5) is 5.82 Å². The van der Waals surface area contributed by atoms with Crippen LogP contribution in [0, 0.1) is 0 Å². The summed E-state index contributed by atoms with van der Waals surface area (Å²) in [4.78, 5) is 11.2. The fourth-order valence-corrected chi connectivity index (χ4v) is 3.25. The summed E-state index contributed by atoms with van der Waals surface area (Å²) in [6.07, 6.45) is 4.42. The van der Waals surface area contributed by atoms with Crippen LogP contribution in [0.3, 0.4) is 0 Å². The molecule has 1 saturated heterocycles. The maximum atomic E-state index is 5.94. The minimum Gasteiger partial charge on any atom is -0.497 e. The Morgan fingerprint density at radius 3 is 2.66 bits per heavy atom. The van der Waals surface area contributed by atoms with Crippen LogP contribution in [0.1, 0.15) is 25.3 Å². The third-order valence-corrected chi connectivity index (χ3v) is 4.86. The second-order valence-electron chi connectivity index (χ2n) is 7.13. The molecule has 2 N–H and O–H groups in total. The van der Waals surface area contributed by atoms with Gasteiger partial charge in [-0.25, -0.2) is 4.98 Å². The highest BCUT2D eigenvalue weighted by molar-refractivity contribution is 5.79. The molecule has 1 aromatic heterocycles. The Labute approximate surface area is 173 Å². The van der Waals surface area contributed by atoms with Crippen LogP contribution in [-0.4, -0.2) is 50.8 Å². The first-order valence-corrected chi connectivity index (χ1v) is 10.1. The third-order valence-electron chi connectivity index (χ3n) is 4.86. The van der Waals surface area contributed by atoms with Gasteiger partial charge < -0.3 is 25.0 Å². The zero-order valence-electron chi connectivity index (χ0n) is 17.5. The molecule has 7 nitrogen and oxygen atoms in total. The van der Waals surface area contributed by atoms with Crippen molar-refractivity contribution < 1.29 is 9.47 Å². The molecule has 1 fully saturated rings. The fraction of sp³-hybridized carbons (Fsp3) is 0.455. The van der Waals surface area contributed by atoms with Crippen LogP contribution in [0.25, 0.3) is 0 Å². The first-order chi connectivity index (χ1) is 14.2. The van der Waals surface area contributed by atoms with E-state index in [0.29, 0.717) is 13.1 Å². The predicted molar refractivity (Wildman–Crippen MR) is 117 cm³/mol. The zero-order valence-corrected chi connectivity index (χ0v) is 17.5. The van der Waals surface area contributed by atoms with Gasteiger partial charge in [-0.2, -0.15) is 0 Å². The lowest BCUT2D eigenvalue weighted by molar-refractivity contribution is 0.223. The van der Waals surface area contributed by atoms with Crippen LogP contribution in [-0.2, 0) is 6.54 Å². The molecule has 0 saturated carbocycles. The predicted octanol–water partition coefficient (Wildman–Crippen LogP) is 2.82. The van der Waals surface area contributed by atoms with Crippen LogP contribution in [0.15, 0.2) is 47.6 Å². The Morgan fingerprint density at radius 1 is 1.17 bits per heavy atom. The van der Waals surface area contributed by atoms with E-state index in [1.165, 1.54) is 12.8 Å². The number of pyridine rings is 1. The van der Waals surface area contributed by atoms with Crippen molar-refractivity contribution in [2.45, 2.75) is 32.4 Å². The van der Waals surface area contributed by atoms with Crippen LogP contribution >= 0.6 is 0 Å². The Kier molecular flexibility index (Phi) is 7.55. The molecule has 29 heavy (non-hydrogen) atoms. The number of ether oxygens (including phenoxy) is 2. The molecule has 1 aromatic carbocycles. The third kappa shape index (κ3) is 6.27. The van der Waals surface area contributed by atoms with Crippen molar-refractivity contribution in [2.24, 2.45) is 4.99 Å². The van der Waals surface area contributed by atoms with Crippen molar-refractivity contribution in [3.8, 4) is 11.5 Å². The van der Waals surface area contributed by atoms with Crippen LogP contribution < -0.4 is 25.0 Å². The SMILES string of the molecule is CN=C(NCc1ccc(N2CCCC2)nc1)NCC(C)Oc1cccc(OC)c1. The minimum absolute atomic E-state index is 0.0259. The average molecular weight is 398 g/mol. The number of nitrogens with zero attached hydrogens (tertiary/aromatic N) is 3. The summed E-state index contributed by atoms with van der Waals surface area (Å²) in [5, 5.41) is 6.62. The molecule has 7 heteroatoms. The molecule has 2 aromatic rings. The summed E-state index contributed by atoms with van der Waals surface area (Å²) >= 11 is 0. The lowest BCUT2D eigenvalue weighted by Gasteiger charge is -2.18. The van der Waals surface area contributed by atoms with Gasteiger partial charge in [0.05, 0.1) is 13.7 Å². The molecule has 0 bridgehead atoms. The van der Waals surface area contributed by atoms with E-state index in [4.69, 9.17) is 9.47 Å². The number of rotatable bonds is 8. The van der Waals surface area contributed by atoms with E-state index >= 15 is 0 Å². The standard InChI is InChI=1S/C22H31N5O2/c1-17(29-20-8-6-7-19(13-20)28-3)14-25-22(23-2)26-16-18-9-10-21(24-15-18)27-11-4-5-12-27/h6-10,13,15,17H,4-5,11-12,14,16H2,1-3H3,(H2,23,25,26). The second kappa shape index (κ2) is 10.5. The van der Waals surface area contributed by atoms with E-state index in [1.54, 1.807) is 14.2 Å². The number of nitrogens with one attached hydrogen (secondary N) is 2. The quantitative estimate of drug-likeness (QED) is 0.527. The first-order valence-electron chi connectivity index (χ1n) is 10.1. The van der Waals surface area contributed by atoms with Gasteiger partial charge in [-0.15, -0.1) is 0 Å². The number of aromatic nitrogens is 1. The molecule has 2 heterocycles. The molecule has 0 spiro atoms. The molecule has 1 aliphatic rings. The monoisotopic (exact) mass is 397 g/mol. The van der Waals surface area contributed by atoms with Gasteiger partial charge in [0.25, 0.3) is 0 Å². The Bertz CT molecular complexity index is 788. The average Bonchev–Trinajstić information content (AvgIpc) is 3.29. The summed E-state index contributed by atoms with van der Waals surface area (Å²) in [5.74, 6) is 3.36. The number of guanidine groups is 1. The largest absolute Gasteiger partial charge is 0.497 e. The van der Waals surface area contributed by atoms with E-state index in [1.807, 2.05) is 37.4 Å². The Balaban J connectivity index is 1.42. The summed E-state index contributed by atoms with van der Waals surface area (Å²) in [6, 6.07) is 11.8. The van der Waals surface area contributed by atoms with E-state index in [-0.39, 0.29) is 6.10 Å². The summed E-state index contributed by atoms with van der Waals surface area (Å²) < 4.78 is 11.2. The number of aliphatic imine (C=N–C) groups is 1. The molecule has 0 aliphatic carbocycles. The molecule has 1 unspecified atom stereocenters. The molecule has 1 atom stereocenters. The number of hydrogen-bond acceptors (Lipinski definition) is 5. The smallest absolute Gasteiger partial charge is 0.191 e. The highest BCUT2D eigenvalue weighted by atomic mass is 16.5. The lowest BCUT2D eigenvalue weighted by atomic mass is 10.3. The molecule has 1 aliphatic heterocycles. The van der Waals surface area contributed by atoms with Gasteiger partial charge in [-0.1, -0.05) is 12.1 Å². The van der Waals surface area contributed by atoms with E-state index < -0.39 is 0 Å². The summed E-state index contributed by atoms with van der Waals surface area (Å²) in [5.41, 5.74) is 1.12. The molecule has 0 amide bonds. The topological polar surface area (TPSA) is 71.0 Å². The molecular weight excluding hydrogens is 366 g/mol. The highest BCUT2D eigenvalue weighted by Crippen LogP contribution is 2.20. The van der Waals surface area contributed by atoms with Gasteiger partial charge in [0.1, 0.15) is 23.4 Å². The van der Waals surface area contributed by atoms with Crippen LogP contribution in [0.5, 0.6) is 11.5 Å². The van der Waals surface area contributed by atoms with Gasteiger partial charge in [0.15, 0.2) is 5.96 Å². The molecule has 156 valence electrons. The fourth-order valence-electron chi connectivity index (χ4n) is 3.25. The Hall–Kier alpha value is -2.96. The normalized spacial score (nSPS) is 15.1. The van der Waals surface area contributed by atoms with E-state index in [2.05, 4.69) is 37.6 Å². The summed E-state index contributed by atoms with van der Waals surface area (Å²) in [6.45, 7) is 5.52. The van der Waals surface area contributed by atoms with E-state index in [0.717, 1.165) is 41.9 Å². The summed E-state index contributed by atoms with van der Waals surface area (Å²) in [7, 11) is 3.41. The number of benzene rings is 1. The van der Waals surface area contributed by atoms with Crippen molar-refractivity contribution in [3.63, 3.8) is 0 Å². The number of methoxy groups -OCH3 is 1. The molecular formula is C22H31N5O2. The van der Waals surface area contributed by atoms with Gasteiger partial charge in [0, 0.05) is 38.9 Å². The van der Waals surface area contributed by atoms with Crippen LogP contribution in [0.2, 0.25) is 0 Å². The minimum atomic E-state index is -0.0259. The zero-order chi connectivity index (χ0) is 20.5. The molecule has 0 radical (unpaired) electrons.